The Morgan fingerprint density at radius 1 is 0.253 bits per heavy atom. The van der Waals surface area contributed by atoms with Crippen LogP contribution in [0.2, 0.25) is 0 Å². The first-order valence-electron chi connectivity index (χ1n) is 31.0. The molecule has 6 nitrogen and oxygen atoms in total. The quantitative estimate of drug-likeness (QED) is 0.128. The van der Waals surface area contributed by atoms with E-state index in [0.29, 0.717) is 12.8 Å². The van der Waals surface area contributed by atoms with E-state index in [-0.39, 0.29) is 30.6 Å². The molecule has 42 heteroatoms. The molecule has 0 spiro atoms. The first-order chi connectivity index (χ1) is 44.2. The number of hydrogen-bond donors (Lipinski definition) is 4. The summed E-state index contributed by atoms with van der Waals surface area (Å²) in [5.74, 6) is -12.0. The van der Waals surface area contributed by atoms with Gasteiger partial charge >= 0.3 is 74.1 Å². The van der Waals surface area contributed by atoms with Crippen LogP contribution in [0.15, 0.2) is 12.2 Å². The van der Waals surface area contributed by atoms with Crippen LogP contribution in [-0.4, -0.2) is 140 Å². The maximum atomic E-state index is 14.1. The van der Waals surface area contributed by atoms with Crippen LogP contribution in [0, 0.1) is 107 Å². The van der Waals surface area contributed by atoms with Crippen LogP contribution < -0.4 is 0 Å². The summed E-state index contributed by atoms with van der Waals surface area (Å²) in [5, 5.41) is 37.6. The lowest BCUT2D eigenvalue weighted by molar-refractivity contribution is -0.419. The summed E-state index contributed by atoms with van der Waals surface area (Å²) >= 11 is 0. The fraction of sp³-hybridized carbons (Fsp3) is 0.965. The summed E-state index contributed by atoms with van der Waals surface area (Å²) in [6.07, 6.45) is -87.6. The van der Waals surface area contributed by atoms with Gasteiger partial charge in [0, 0.05) is 41.4 Å². The van der Waals surface area contributed by atoms with Gasteiger partial charge in [0.05, 0.1) is 12.2 Å². The molecule has 12 unspecified atom stereocenters. The van der Waals surface area contributed by atoms with Crippen molar-refractivity contribution in [3.05, 3.63) is 12.2 Å². The Bertz CT molecular complexity index is 2700. The molecule has 0 saturated heterocycles. The minimum absolute atomic E-state index is 0.0566. The minimum atomic E-state index is -6.40. The van der Waals surface area contributed by atoms with E-state index in [1.807, 2.05) is 0 Å². The highest BCUT2D eigenvalue weighted by molar-refractivity contribution is 5.35. The topological polar surface area (TPSA) is 99.4 Å². The first kappa shape index (κ1) is 80.1. The van der Waals surface area contributed by atoms with Gasteiger partial charge < -0.3 is 29.9 Å². The van der Waals surface area contributed by atoms with Crippen molar-refractivity contribution in [2.45, 2.75) is 229 Å². The standard InChI is InChI=1S/2C19H20F12O2.C12H12F12O2.C7H8/c20-16(21,22)14(32,17(23,24)25)8-2-1-3-9(6-8)15(18(26,27)28,19(29,30)31)33-13-7-4-10-11(5-7)12(10)13;20-16(21,22)14(32,17(23,24)25)11-2-1-3-12(8-11)15(18(26,27)28,19(29,30)31)33-13-7-9-4-5-10(13)6-9;13-9(14,15)7(25,10(16,17)18)5-2-1-3-6(4-5)8(26,11(19,20)21)12(22,23)24;1-2-4-5(2)7-3(1)6(4)7/h7-13,32H,1-6H2;4-5,9-13,32H,1-3,6-8H2;5-6,25-26H,1-4H2;2-7H,1H2. The van der Waals surface area contributed by atoms with E-state index in [1.54, 1.807) is 12.5 Å². The Hall–Kier alpha value is -3.02. The summed E-state index contributed by atoms with van der Waals surface area (Å²) in [4.78, 5) is 0. The number of hydrogen-bond acceptors (Lipinski definition) is 6. The molecule has 14 rings (SSSR count). The molecule has 0 radical (unpaired) electrons. The van der Waals surface area contributed by atoms with E-state index >= 15 is 0 Å². The van der Waals surface area contributed by atoms with Crippen molar-refractivity contribution in [2.24, 2.45) is 107 Å². The first-order valence-corrected chi connectivity index (χ1v) is 31.0. The van der Waals surface area contributed by atoms with Gasteiger partial charge in [-0.1, -0.05) is 31.4 Å². The second kappa shape index (κ2) is 24.3. The van der Waals surface area contributed by atoms with E-state index in [4.69, 9.17) is 4.74 Å². The zero-order valence-electron chi connectivity index (χ0n) is 49.9. The lowest BCUT2D eigenvalue weighted by atomic mass is 9.66. The van der Waals surface area contributed by atoms with Crippen molar-refractivity contribution in [2.75, 3.05) is 0 Å². The molecule has 0 aromatic rings. The molecular formula is C57H60F36O6. The number of halogens is 36. The predicted molar refractivity (Wildman–Crippen MR) is 258 cm³/mol. The van der Waals surface area contributed by atoms with Crippen molar-refractivity contribution in [1.82, 2.24) is 0 Å². The van der Waals surface area contributed by atoms with Crippen molar-refractivity contribution < 1.29 is 188 Å². The van der Waals surface area contributed by atoms with E-state index in [0.717, 1.165) is 0 Å². The zero-order valence-corrected chi connectivity index (χ0v) is 49.9. The fourth-order valence-corrected chi connectivity index (χ4v) is 19.3. The van der Waals surface area contributed by atoms with Crippen molar-refractivity contribution >= 4 is 0 Å². The maximum Gasteiger partial charge on any atom is 0.426 e. The second-order valence-electron chi connectivity index (χ2n) is 28.7. The molecule has 12 atom stereocenters. The zero-order chi connectivity index (χ0) is 75.4. The van der Waals surface area contributed by atoms with Crippen molar-refractivity contribution in [1.29, 1.82) is 0 Å². The van der Waals surface area contributed by atoms with Crippen LogP contribution in [0.3, 0.4) is 0 Å². The van der Waals surface area contributed by atoms with E-state index in [9.17, 15) is 178 Å². The summed E-state index contributed by atoms with van der Waals surface area (Å²) in [6.45, 7) is 0. The largest absolute Gasteiger partial charge is 0.426 e. The highest BCUT2D eigenvalue weighted by Gasteiger charge is 2.88. The monoisotopic (exact) mass is 1520 g/mol. The molecule has 576 valence electrons. The minimum Gasteiger partial charge on any atom is -0.373 e. The normalized spacial score (nSPS) is 36.4. The number of aliphatic hydroxyl groups is 4. The highest BCUT2D eigenvalue weighted by Crippen LogP contribution is 2.92. The predicted octanol–water partition coefficient (Wildman–Crippen LogP) is 18.3. The molecule has 0 amide bonds. The lowest BCUT2D eigenvalue weighted by Gasteiger charge is -2.49. The molecule has 14 aliphatic rings. The number of allylic oxidation sites excluding steroid dienone is 1. The van der Waals surface area contributed by atoms with Crippen LogP contribution in [0.5, 0.6) is 0 Å². The molecule has 4 N–H and O–H groups in total. The maximum absolute atomic E-state index is 14.1. The summed E-state index contributed by atoms with van der Waals surface area (Å²) in [7, 11) is 0. The lowest BCUT2D eigenvalue weighted by Crippen LogP contribution is -2.68. The van der Waals surface area contributed by atoms with Crippen LogP contribution in [-0.2, 0) is 9.47 Å². The number of fused-ring (bicyclic) bond motifs is 2. The smallest absolute Gasteiger partial charge is 0.373 e. The summed E-state index contributed by atoms with van der Waals surface area (Å²) < 4.78 is 491. The molecule has 99 heavy (non-hydrogen) atoms. The molecular weight excluding hydrogens is 1460 g/mol. The molecule has 13 fully saturated rings. The molecule has 13 saturated carbocycles. The van der Waals surface area contributed by atoms with E-state index in [1.165, 1.54) is 41.6 Å². The molecule has 0 aromatic carbocycles. The average Bonchev–Trinajstić information content (AvgIpc) is 1.43. The third-order valence-corrected chi connectivity index (χ3v) is 24.0. The van der Waals surface area contributed by atoms with Crippen LogP contribution in [0.4, 0.5) is 158 Å². The van der Waals surface area contributed by atoms with Gasteiger partial charge in [0.25, 0.3) is 33.6 Å². The number of ether oxygens (including phenoxy) is 2. The second-order valence-corrected chi connectivity index (χ2v) is 28.7. The third kappa shape index (κ3) is 12.5. The van der Waals surface area contributed by atoms with Gasteiger partial charge in [0.15, 0.2) is 0 Å². The Kier molecular flexibility index (Phi) is 19.6. The highest BCUT2D eigenvalue weighted by atomic mass is 19.5. The van der Waals surface area contributed by atoms with Gasteiger partial charge in [0.2, 0.25) is 0 Å². The SMILES string of the molecule is C1C2C3C2C2C1C32.OC(C1CCCC(C(O)(C(F)(F)F)C(F)(F)F)C1)(C(F)(F)F)C(F)(F)F.OC(C1CCCC(C(OC2C3CC4C(C3)C42)(C(F)(F)F)C(F)(F)F)C1)(C(F)(F)F)C(F)(F)F.OC(C1CCCC(C(OC2CC3C=CC2C3)(C(F)(F)F)C(F)(F)F)C1)(C(F)(F)F)C(F)(F)F. The van der Waals surface area contributed by atoms with Gasteiger partial charge in [-0.2, -0.15) is 158 Å². The Morgan fingerprint density at radius 3 is 0.717 bits per heavy atom. The van der Waals surface area contributed by atoms with Crippen LogP contribution in [0.25, 0.3) is 0 Å². The van der Waals surface area contributed by atoms with Gasteiger partial charge in [-0.05, 0) is 155 Å². The molecule has 0 heterocycles. The van der Waals surface area contributed by atoms with Gasteiger partial charge in [-0.25, -0.2) is 0 Å². The molecule has 14 aliphatic carbocycles. The average molecular weight is 1530 g/mol. The van der Waals surface area contributed by atoms with E-state index < -0.39 is 250 Å². The van der Waals surface area contributed by atoms with Crippen LogP contribution in [0.1, 0.15) is 109 Å². The van der Waals surface area contributed by atoms with Gasteiger partial charge in [-0.3, -0.25) is 0 Å². The Balaban J connectivity index is 0.000000165. The van der Waals surface area contributed by atoms with Crippen LogP contribution >= 0.6 is 0 Å². The summed E-state index contributed by atoms with van der Waals surface area (Å²) in [6, 6.07) is 0. The van der Waals surface area contributed by atoms with E-state index in [2.05, 4.69) is 4.74 Å². The fourth-order valence-electron chi connectivity index (χ4n) is 19.3. The van der Waals surface area contributed by atoms with Crippen molar-refractivity contribution in [3.8, 4) is 0 Å². The van der Waals surface area contributed by atoms with Crippen molar-refractivity contribution in [3.63, 3.8) is 0 Å². The molecule has 8 bridgehead atoms. The summed E-state index contributed by atoms with van der Waals surface area (Å²) in [5.41, 5.74) is -31.8. The van der Waals surface area contributed by atoms with Gasteiger partial charge in [-0.15, -0.1) is 0 Å². The van der Waals surface area contributed by atoms with Gasteiger partial charge in [0.1, 0.15) is 0 Å². The Labute approximate surface area is 535 Å². The molecule has 0 aromatic heterocycles. The third-order valence-electron chi connectivity index (χ3n) is 24.0. The number of alkyl halides is 36. The number of rotatable bonds is 10. The Morgan fingerprint density at radius 2 is 0.515 bits per heavy atom. The molecule has 0 aliphatic heterocycles.